The summed E-state index contributed by atoms with van der Waals surface area (Å²) in [6.45, 7) is 16.3. The van der Waals surface area contributed by atoms with Crippen LogP contribution in [0.4, 0.5) is 4.79 Å². The maximum atomic E-state index is 14.0. The molecule has 2 aliphatic carbocycles. The molecule has 5 atom stereocenters. The van der Waals surface area contributed by atoms with E-state index in [1.54, 1.807) is 26.8 Å². The molecule has 1 saturated heterocycles. The van der Waals surface area contributed by atoms with Crippen LogP contribution >= 0.6 is 23.2 Å². The summed E-state index contributed by atoms with van der Waals surface area (Å²) in [5, 5.41) is 10.7. The molecule has 1 unspecified atom stereocenters. The van der Waals surface area contributed by atoms with Crippen LogP contribution in [0.2, 0.25) is 0 Å². The van der Waals surface area contributed by atoms with E-state index < -0.39 is 86.4 Å². The van der Waals surface area contributed by atoms with Crippen molar-refractivity contribution in [3.63, 3.8) is 0 Å². The first kappa shape index (κ1) is 38.6. The van der Waals surface area contributed by atoms with E-state index in [0.29, 0.717) is 6.42 Å². The summed E-state index contributed by atoms with van der Waals surface area (Å²) in [7, 11) is 0. The molecule has 3 aliphatic rings. The highest BCUT2D eigenvalue weighted by Crippen LogP contribution is 2.65. The van der Waals surface area contributed by atoms with Gasteiger partial charge in [-0.25, -0.2) is 4.79 Å². The largest absolute Gasteiger partial charge is 0.459 e. The highest BCUT2D eigenvalue weighted by Gasteiger charge is 2.74. The zero-order valence-electron chi connectivity index (χ0n) is 28.6. The number of piperidine rings is 1. The predicted molar refractivity (Wildman–Crippen MR) is 179 cm³/mol. The van der Waals surface area contributed by atoms with Crippen molar-refractivity contribution in [1.29, 1.82) is 0 Å². The number of nitrogens with zero attached hydrogens (tertiary/aromatic N) is 1. The van der Waals surface area contributed by atoms with Crippen LogP contribution in [-0.2, 0) is 28.7 Å². The highest BCUT2D eigenvalue weighted by molar-refractivity contribution is 6.51. The van der Waals surface area contributed by atoms with Gasteiger partial charge in [0.15, 0.2) is 0 Å². The maximum Gasteiger partial charge on any atom is 0.315 e. The molecule has 1 aliphatic heterocycles. The number of likely N-dealkylation sites (tertiary alicyclic amines) is 1. The molecular formula is C33H51Cl2N5O7. The van der Waals surface area contributed by atoms with Crippen molar-refractivity contribution in [1.82, 2.24) is 26.2 Å². The first-order valence-electron chi connectivity index (χ1n) is 16.3. The Morgan fingerprint density at radius 2 is 1.64 bits per heavy atom. The standard InChI is InChI=1S/C33H51Cl2N5O7/c1-9-10-13-20(24(42)27(44)36-17-14-21(41)47-32(8)15-11-12-16-32)37-26(43)23-22-19(33(22,34)35)18-40(23)28(45)25(30(2,3)4)38-29(46)39-31(5,6)7/h9,19-20,22-23,25H,1,10-18H2,2-8H3,(H,36,44)(H,37,43)(H2,38,39,46)/t19-,20?,22-,23-,25+/m0/s1. The number of nitrogens with one attached hydrogen (secondary N) is 4. The fraction of sp³-hybridized carbons (Fsp3) is 0.758. The third-order valence-electron chi connectivity index (χ3n) is 8.91. The van der Waals surface area contributed by atoms with Gasteiger partial charge in [-0.15, -0.1) is 29.8 Å². The molecule has 4 N–H and O–H groups in total. The molecule has 3 fully saturated rings. The van der Waals surface area contributed by atoms with Gasteiger partial charge in [0.1, 0.15) is 22.0 Å². The average molecular weight is 701 g/mol. The molecule has 12 nitrogen and oxygen atoms in total. The third kappa shape index (κ3) is 9.84. The number of ketones is 1. The van der Waals surface area contributed by atoms with Crippen LogP contribution in [0, 0.1) is 17.3 Å². The van der Waals surface area contributed by atoms with Gasteiger partial charge in [0.2, 0.25) is 17.6 Å². The summed E-state index contributed by atoms with van der Waals surface area (Å²) in [6, 6.07) is -3.94. The van der Waals surface area contributed by atoms with Crippen molar-refractivity contribution in [3.8, 4) is 0 Å². The second kappa shape index (κ2) is 14.7. The van der Waals surface area contributed by atoms with Crippen molar-refractivity contribution in [2.45, 2.75) is 127 Å². The number of hydrogen-bond donors (Lipinski definition) is 4. The summed E-state index contributed by atoms with van der Waals surface area (Å²) in [5.74, 6) is -4.54. The topological polar surface area (TPSA) is 163 Å². The van der Waals surface area contributed by atoms with E-state index in [1.165, 1.54) is 4.90 Å². The molecule has 47 heavy (non-hydrogen) atoms. The first-order valence-corrected chi connectivity index (χ1v) is 17.1. The molecule has 2 saturated carbocycles. The molecule has 0 bridgehead atoms. The van der Waals surface area contributed by atoms with E-state index in [1.807, 2.05) is 27.7 Å². The second-order valence-electron chi connectivity index (χ2n) is 15.3. The Morgan fingerprint density at radius 1 is 1.02 bits per heavy atom. The van der Waals surface area contributed by atoms with Crippen LogP contribution in [0.1, 0.15) is 93.4 Å². The van der Waals surface area contributed by atoms with E-state index in [4.69, 9.17) is 27.9 Å². The molecule has 14 heteroatoms. The number of alkyl halides is 2. The SMILES string of the molecule is C=CCCC(NC(=O)[C@@H]1[C@@H]2[C@H](CN1C(=O)[C@@H](NC(=O)NC(C)(C)C)C(C)(C)C)C2(Cl)Cl)C(=O)C(=O)NCCC(=O)OC1(C)CCCC1. The molecule has 0 aromatic heterocycles. The highest BCUT2D eigenvalue weighted by atomic mass is 35.5. The molecule has 3 rings (SSSR count). The number of Topliss-reactive ketones (excluding diaryl/α,β-unsaturated/α-hetero) is 1. The maximum absolute atomic E-state index is 14.0. The van der Waals surface area contributed by atoms with E-state index in [0.717, 1.165) is 25.7 Å². The first-order chi connectivity index (χ1) is 21.6. The second-order valence-corrected chi connectivity index (χ2v) is 16.8. The molecule has 0 radical (unpaired) electrons. The number of carbonyl (C=O) groups is 6. The lowest BCUT2D eigenvalue weighted by atomic mass is 9.85. The Bertz CT molecular complexity index is 1250. The molecule has 264 valence electrons. The molecule has 1 heterocycles. The number of hydrogen-bond acceptors (Lipinski definition) is 7. The van der Waals surface area contributed by atoms with Crippen LogP contribution in [0.5, 0.6) is 0 Å². The Hall–Kier alpha value is -2.86. The zero-order valence-corrected chi connectivity index (χ0v) is 30.1. The van der Waals surface area contributed by atoms with Gasteiger partial charge < -0.3 is 30.9 Å². The molecule has 5 amide bonds. The van der Waals surface area contributed by atoms with E-state index in [-0.39, 0.29) is 25.9 Å². The lowest BCUT2D eigenvalue weighted by Gasteiger charge is -2.38. The number of allylic oxidation sites excluding steroid dienone is 1. The summed E-state index contributed by atoms with van der Waals surface area (Å²) < 4.78 is 4.31. The van der Waals surface area contributed by atoms with Gasteiger partial charge in [-0.2, -0.15) is 0 Å². The van der Waals surface area contributed by atoms with Crippen molar-refractivity contribution in [3.05, 3.63) is 12.7 Å². The number of urea groups is 1. The molecule has 0 aromatic carbocycles. The minimum Gasteiger partial charge on any atom is -0.459 e. The van der Waals surface area contributed by atoms with Crippen LogP contribution in [-0.4, -0.2) is 87.1 Å². The smallest absolute Gasteiger partial charge is 0.315 e. The van der Waals surface area contributed by atoms with Gasteiger partial charge in [0.05, 0.1) is 12.5 Å². The van der Waals surface area contributed by atoms with Crippen LogP contribution in [0.3, 0.4) is 0 Å². The quantitative estimate of drug-likeness (QED) is 0.0989. The van der Waals surface area contributed by atoms with Gasteiger partial charge in [0.25, 0.3) is 5.91 Å². The van der Waals surface area contributed by atoms with E-state index in [9.17, 15) is 28.8 Å². The number of amides is 5. The summed E-state index contributed by atoms with van der Waals surface area (Å²) in [4.78, 5) is 80.5. The summed E-state index contributed by atoms with van der Waals surface area (Å²) in [5.41, 5.74) is -1.79. The van der Waals surface area contributed by atoms with E-state index >= 15 is 0 Å². The fourth-order valence-electron chi connectivity index (χ4n) is 6.34. The number of rotatable bonds is 13. The lowest BCUT2D eigenvalue weighted by Crippen LogP contribution is -2.62. The number of esters is 1. The van der Waals surface area contributed by atoms with Gasteiger partial charge >= 0.3 is 12.0 Å². The van der Waals surface area contributed by atoms with Gasteiger partial charge in [-0.3, -0.25) is 24.0 Å². The molecular weight excluding hydrogens is 649 g/mol. The molecule has 0 spiro atoms. The minimum atomic E-state index is -1.25. The van der Waals surface area contributed by atoms with Crippen molar-refractivity contribution in [2.24, 2.45) is 17.3 Å². The normalized spacial score (nSPS) is 23.9. The third-order valence-corrected chi connectivity index (χ3v) is 9.98. The van der Waals surface area contributed by atoms with Crippen molar-refractivity contribution < 1.29 is 33.5 Å². The number of fused-ring (bicyclic) bond motifs is 1. The van der Waals surface area contributed by atoms with Crippen LogP contribution < -0.4 is 21.3 Å². The summed E-state index contributed by atoms with van der Waals surface area (Å²) >= 11 is 13.0. The Labute approximate surface area is 287 Å². The van der Waals surface area contributed by atoms with Gasteiger partial charge in [-0.05, 0) is 71.6 Å². The van der Waals surface area contributed by atoms with Crippen LogP contribution in [0.25, 0.3) is 0 Å². The van der Waals surface area contributed by atoms with Gasteiger partial charge in [0, 0.05) is 30.5 Å². The fourth-order valence-corrected chi connectivity index (χ4v) is 7.17. The zero-order chi connectivity index (χ0) is 35.5. The number of halogens is 2. The van der Waals surface area contributed by atoms with E-state index in [2.05, 4.69) is 27.8 Å². The Balaban J connectivity index is 1.71. The predicted octanol–water partition coefficient (Wildman–Crippen LogP) is 3.53. The van der Waals surface area contributed by atoms with Crippen molar-refractivity contribution >= 4 is 58.7 Å². The minimum absolute atomic E-state index is 0.0721. The van der Waals surface area contributed by atoms with Crippen LogP contribution in [0.15, 0.2) is 12.7 Å². The van der Waals surface area contributed by atoms with Gasteiger partial charge in [-0.1, -0.05) is 26.8 Å². The van der Waals surface area contributed by atoms with Crippen molar-refractivity contribution in [2.75, 3.05) is 13.1 Å². The monoisotopic (exact) mass is 699 g/mol. The number of carbonyl (C=O) groups excluding carboxylic acids is 6. The molecule has 0 aromatic rings. The number of ether oxygens (including phenoxy) is 1. The average Bonchev–Trinajstić information content (AvgIpc) is 3.30. The summed E-state index contributed by atoms with van der Waals surface area (Å²) in [6.07, 6.45) is 5.37. The Morgan fingerprint density at radius 3 is 2.19 bits per heavy atom. The lowest BCUT2D eigenvalue weighted by molar-refractivity contribution is -0.157. The Kier molecular flexibility index (Phi) is 12.1.